The second-order valence-electron chi connectivity index (χ2n) is 2.77. The third kappa shape index (κ3) is 3.24. The first-order chi connectivity index (χ1) is 6.08. The van der Waals surface area contributed by atoms with Crippen LogP contribution >= 0.6 is 7.82 Å². The van der Waals surface area contributed by atoms with Gasteiger partial charge >= 0.3 is 13.9 Å². The predicted octanol–water partition coefficient (Wildman–Crippen LogP) is 2.22. The van der Waals surface area contributed by atoms with Crippen LogP contribution in [0.1, 0.15) is 26.7 Å². The average Bonchev–Trinajstić information content (AvgIpc) is 1.98. The van der Waals surface area contributed by atoms with Crippen molar-refractivity contribution in [3.05, 3.63) is 0 Å². The van der Waals surface area contributed by atoms with E-state index in [9.17, 15) is 17.7 Å². The standard InChI is InChI=1S/C6H12F3O4P/c1-3-5(7,4-2)6(8,9)13-14(10,11)12/h3-4H2,1-2H3,(H2,10,11,12). The summed E-state index contributed by atoms with van der Waals surface area (Å²) in [6.07, 6.45) is -5.69. The molecule has 0 aliphatic carbocycles. The Hall–Kier alpha value is -0.100. The molecule has 0 saturated heterocycles. The molecular formula is C6H12F3O4P. The summed E-state index contributed by atoms with van der Waals surface area (Å²) in [7, 11) is -5.40. The Labute approximate surface area is 79.3 Å². The molecule has 0 amide bonds. The lowest BCUT2D eigenvalue weighted by Crippen LogP contribution is -2.44. The minimum Gasteiger partial charge on any atom is -0.303 e. The number of halogens is 3. The molecule has 0 aliphatic rings. The average molecular weight is 236 g/mol. The lowest BCUT2D eigenvalue weighted by Gasteiger charge is -2.30. The van der Waals surface area contributed by atoms with E-state index in [2.05, 4.69) is 4.52 Å². The van der Waals surface area contributed by atoms with Gasteiger partial charge in [-0.05, 0) is 12.8 Å². The molecule has 2 N–H and O–H groups in total. The summed E-state index contributed by atoms with van der Waals surface area (Å²) >= 11 is 0. The van der Waals surface area contributed by atoms with Crippen LogP contribution in [0.5, 0.6) is 0 Å². The zero-order valence-electron chi connectivity index (χ0n) is 7.71. The molecule has 0 heterocycles. The Bertz CT molecular complexity index is 235. The summed E-state index contributed by atoms with van der Waals surface area (Å²) < 4.78 is 52.4. The fraction of sp³-hybridized carbons (Fsp3) is 1.00. The fourth-order valence-corrected chi connectivity index (χ4v) is 1.36. The van der Waals surface area contributed by atoms with Gasteiger partial charge < -0.3 is 9.79 Å². The number of hydrogen-bond acceptors (Lipinski definition) is 2. The van der Waals surface area contributed by atoms with Crippen molar-refractivity contribution in [2.75, 3.05) is 0 Å². The Kier molecular flexibility index (Phi) is 4.15. The largest absolute Gasteiger partial charge is 0.474 e. The van der Waals surface area contributed by atoms with Gasteiger partial charge in [-0.15, -0.1) is 0 Å². The first-order valence-corrected chi connectivity index (χ1v) is 5.44. The number of hydrogen-bond donors (Lipinski definition) is 2. The SMILES string of the molecule is CCC(F)(CC)C(F)(F)OP(=O)(O)O. The second kappa shape index (κ2) is 4.18. The van der Waals surface area contributed by atoms with E-state index in [1.807, 2.05) is 0 Å². The monoisotopic (exact) mass is 236 g/mol. The number of phosphoric ester groups is 1. The van der Waals surface area contributed by atoms with Crippen molar-refractivity contribution < 1.29 is 32.0 Å². The molecule has 8 heteroatoms. The third-order valence-corrected chi connectivity index (χ3v) is 2.34. The van der Waals surface area contributed by atoms with Crippen molar-refractivity contribution in [2.45, 2.75) is 38.5 Å². The van der Waals surface area contributed by atoms with Crippen LogP contribution in [0.25, 0.3) is 0 Å². The van der Waals surface area contributed by atoms with Crippen LogP contribution in [0.15, 0.2) is 0 Å². The molecular weight excluding hydrogens is 224 g/mol. The van der Waals surface area contributed by atoms with E-state index in [-0.39, 0.29) is 0 Å². The number of rotatable bonds is 5. The Morgan fingerprint density at radius 3 is 1.79 bits per heavy atom. The first kappa shape index (κ1) is 13.9. The van der Waals surface area contributed by atoms with Crippen LogP contribution in [0.3, 0.4) is 0 Å². The van der Waals surface area contributed by atoms with Crippen LogP contribution in [0.2, 0.25) is 0 Å². The van der Waals surface area contributed by atoms with Crippen LogP contribution in [-0.2, 0) is 9.09 Å². The molecule has 0 aromatic rings. The molecule has 86 valence electrons. The van der Waals surface area contributed by atoms with E-state index in [0.717, 1.165) is 13.8 Å². The minimum absolute atomic E-state index is 0.601. The van der Waals surface area contributed by atoms with Crippen LogP contribution in [0, 0.1) is 0 Å². The summed E-state index contributed by atoms with van der Waals surface area (Å²) in [4.78, 5) is 16.3. The number of phosphoric acid groups is 1. The highest BCUT2D eigenvalue weighted by Crippen LogP contribution is 2.49. The van der Waals surface area contributed by atoms with Gasteiger partial charge in [-0.25, -0.2) is 13.5 Å². The van der Waals surface area contributed by atoms with Crippen molar-refractivity contribution in [3.8, 4) is 0 Å². The highest BCUT2D eigenvalue weighted by atomic mass is 31.2. The quantitative estimate of drug-likeness (QED) is 0.718. The van der Waals surface area contributed by atoms with E-state index in [1.54, 1.807) is 0 Å². The van der Waals surface area contributed by atoms with E-state index >= 15 is 0 Å². The van der Waals surface area contributed by atoms with Gasteiger partial charge in [0, 0.05) is 0 Å². The molecule has 0 aromatic carbocycles. The van der Waals surface area contributed by atoms with E-state index in [4.69, 9.17) is 9.79 Å². The Morgan fingerprint density at radius 2 is 1.57 bits per heavy atom. The molecule has 4 nitrogen and oxygen atoms in total. The van der Waals surface area contributed by atoms with E-state index in [0.29, 0.717) is 0 Å². The van der Waals surface area contributed by atoms with Crippen molar-refractivity contribution in [1.29, 1.82) is 0 Å². The van der Waals surface area contributed by atoms with Gasteiger partial charge in [0.25, 0.3) is 0 Å². The summed E-state index contributed by atoms with van der Waals surface area (Å²) in [5, 5.41) is 0. The van der Waals surface area contributed by atoms with Crippen LogP contribution < -0.4 is 0 Å². The van der Waals surface area contributed by atoms with Gasteiger partial charge in [-0.1, -0.05) is 13.8 Å². The maximum absolute atomic E-state index is 13.3. The van der Waals surface area contributed by atoms with Crippen LogP contribution in [0.4, 0.5) is 13.2 Å². The Balaban J connectivity index is 4.84. The van der Waals surface area contributed by atoms with Gasteiger partial charge in [0.2, 0.25) is 5.67 Å². The van der Waals surface area contributed by atoms with E-state index in [1.165, 1.54) is 0 Å². The van der Waals surface area contributed by atoms with Gasteiger partial charge in [-0.2, -0.15) is 8.78 Å². The van der Waals surface area contributed by atoms with Gasteiger partial charge in [-0.3, -0.25) is 0 Å². The maximum Gasteiger partial charge on any atom is 0.474 e. The highest BCUT2D eigenvalue weighted by molar-refractivity contribution is 7.46. The summed E-state index contributed by atoms with van der Waals surface area (Å²) in [6, 6.07) is 0. The first-order valence-electron chi connectivity index (χ1n) is 3.91. The summed E-state index contributed by atoms with van der Waals surface area (Å²) in [5.74, 6) is 0. The molecule has 0 bridgehead atoms. The zero-order chi connectivity index (χ0) is 11.6. The summed E-state index contributed by atoms with van der Waals surface area (Å²) in [6.45, 7) is 2.28. The lowest BCUT2D eigenvalue weighted by atomic mass is 9.99. The molecule has 0 atom stereocenters. The molecule has 0 unspecified atom stereocenters. The zero-order valence-corrected chi connectivity index (χ0v) is 8.60. The molecule has 14 heavy (non-hydrogen) atoms. The van der Waals surface area contributed by atoms with Crippen molar-refractivity contribution in [3.63, 3.8) is 0 Å². The van der Waals surface area contributed by atoms with Crippen LogP contribution in [-0.4, -0.2) is 21.6 Å². The normalized spacial score (nSPS) is 14.5. The maximum atomic E-state index is 13.3. The highest BCUT2D eigenvalue weighted by Gasteiger charge is 2.57. The lowest BCUT2D eigenvalue weighted by molar-refractivity contribution is -0.272. The Morgan fingerprint density at radius 1 is 1.21 bits per heavy atom. The molecule has 0 rings (SSSR count). The van der Waals surface area contributed by atoms with Crippen molar-refractivity contribution in [1.82, 2.24) is 0 Å². The van der Waals surface area contributed by atoms with Gasteiger partial charge in [0.15, 0.2) is 0 Å². The summed E-state index contributed by atoms with van der Waals surface area (Å²) in [5.41, 5.74) is -3.06. The van der Waals surface area contributed by atoms with E-state index < -0.39 is 32.4 Å². The molecule has 0 aromatic heterocycles. The van der Waals surface area contributed by atoms with Crippen molar-refractivity contribution >= 4 is 7.82 Å². The minimum atomic E-state index is -5.40. The molecule has 0 spiro atoms. The smallest absolute Gasteiger partial charge is 0.303 e. The molecule has 0 aliphatic heterocycles. The molecule has 0 fully saturated rings. The number of alkyl halides is 3. The predicted molar refractivity (Wildman–Crippen MR) is 42.5 cm³/mol. The molecule has 0 saturated carbocycles. The fourth-order valence-electron chi connectivity index (χ4n) is 0.893. The van der Waals surface area contributed by atoms with Crippen molar-refractivity contribution in [2.24, 2.45) is 0 Å². The molecule has 0 radical (unpaired) electrons. The third-order valence-electron chi connectivity index (χ3n) is 1.88. The van der Waals surface area contributed by atoms with Gasteiger partial charge in [0.1, 0.15) is 0 Å². The van der Waals surface area contributed by atoms with Gasteiger partial charge in [0.05, 0.1) is 0 Å². The second-order valence-corrected chi connectivity index (χ2v) is 3.93. The topological polar surface area (TPSA) is 66.8 Å².